The molecular weight excluding hydrogens is 368 g/mol. The largest absolute Gasteiger partial charge is 0.493 e. The van der Waals surface area contributed by atoms with Crippen LogP contribution in [0.3, 0.4) is 0 Å². The molecule has 0 aliphatic heterocycles. The minimum Gasteiger partial charge on any atom is -0.493 e. The molecule has 0 spiro atoms. The van der Waals surface area contributed by atoms with Crippen LogP contribution in [-0.4, -0.2) is 25.5 Å². The highest BCUT2D eigenvalue weighted by Crippen LogP contribution is 2.30. The van der Waals surface area contributed by atoms with Crippen molar-refractivity contribution >= 4 is 17.5 Å². The van der Waals surface area contributed by atoms with Crippen LogP contribution >= 0.6 is 0 Å². The van der Waals surface area contributed by atoms with Crippen LogP contribution in [0, 0.1) is 5.92 Å². The van der Waals surface area contributed by atoms with Gasteiger partial charge in [-0.1, -0.05) is 24.8 Å². The van der Waals surface area contributed by atoms with Crippen LogP contribution in [-0.2, 0) is 4.79 Å². The van der Waals surface area contributed by atoms with E-state index in [1.54, 1.807) is 24.3 Å². The molecule has 1 aliphatic rings. The molecular formula is C23H26N2O4. The molecule has 2 N–H and O–H groups in total. The van der Waals surface area contributed by atoms with Gasteiger partial charge in [0.2, 0.25) is 5.91 Å². The van der Waals surface area contributed by atoms with Crippen molar-refractivity contribution in [3.05, 3.63) is 66.2 Å². The molecule has 1 saturated carbocycles. The fourth-order valence-electron chi connectivity index (χ4n) is 2.89. The number of amides is 2. The molecule has 0 heterocycles. The summed E-state index contributed by atoms with van der Waals surface area (Å²) in [5.74, 6) is 1.08. The number of methoxy groups -OCH3 is 1. The monoisotopic (exact) mass is 394 g/mol. The fourth-order valence-corrected chi connectivity index (χ4v) is 2.89. The van der Waals surface area contributed by atoms with Gasteiger partial charge in [0, 0.05) is 17.2 Å². The van der Waals surface area contributed by atoms with Gasteiger partial charge in [0.25, 0.3) is 5.91 Å². The normalized spacial score (nSPS) is 13.9. The summed E-state index contributed by atoms with van der Waals surface area (Å²) in [5, 5.41) is 5.89. The van der Waals surface area contributed by atoms with Gasteiger partial charge in [-0.2, -0.15) is 0 Å². The van der Waals surface area contributed by atoms with E-state index in [1.165, 1.54) is 7.11 Å². The molecule has 6 nitrogen and oxygen atoms in total. The molecule has 0 bridgehead atoms. The Hall–Kier alpha value is -3.28. The standard InChI is InChI=1S/C23H26N2O4/c1-4-13-29-20-12-9-18(14-21(20)28-3)23(27)24-15(2)16-7-10-19(11-8-16)25-22(26)17-5-6-17/h4,7-12,14-15,17H,1,5-6,13H2,2-3H3,(H,24,27)(H,25,26). The molecule has 152 valence electrons. The van der Waals surface area contributed by atoms with Gasteiger partial charge in [-0.25, -0.2) is 0 Å². The third kappa shape index (κ3) is 5.38. The lowest BCUT2D eigenvalue weighted by molar-refractivity contribution is -0.117. The van der Waals surface area contributed by atoms with Gasteiger partial charge in [-0.05, 0) is 55.7 Å². The van der Waals surface area contributed by atoms with E-state index >= 15 is 0 Å². The molecule has 2 amide bonds. The van der Waals surface area contributed by atoms with Crippen LogP contribution in [0.4, 0.5) is 5.69 Å². The number of carbonyl (C=O) groups is 2. The van der Waals surface area contributed by atoms with Crippen molar-refractivity contribution in [3.63, 3.8) is 0 Å². The van der Waals surface area contributed by atoms with E-state index in [0.717, 1.165) is 24.1 Å². The molecule has 2 aromatic rings. The van der Waals surface area contributed by atoms with Gasteiger partial charge in [0.1, 0.15) is 6.61 Å². The number of carbonyl (C=O) groups excluding carboxylic acids is 2. The third-order valence-electron chi connectivity index (χ3n) is 4.76. The van der Waals surface area contributed by atoms with Crippen LogP contribution in [0.2, 0.25) is 0 Å². The fraction of sp³-hybridized carbons (Fsp3) is 0.304. The lowest BCUT2D eigenvalue weighted by Gasteiger charge is -2.16. The zero-order chi connectivity index (χ0) is 20.8. The van der Waals surface area contributed by atoms with Crippen molar-refractivity contribution in [1.29, 1.82) is 0 Å². The van der Waals surface area contributed by atoms with Gasteiger partial charge >= 0.3 is 0 Å². The van der Waals surface area contributed by atoms with Crippen LogP contribution in [0.15, 0.2) is 55.1 Å². The highest BCUT2D eigenvalue weighted by atomic mass is 16.5. The molecule has 6 heteroatoms. The zero-order valence-corrected chi connectivity index (χ0v) is 16.7. The van der Waals surface area contributed by atoms with Crippen molar-refractivity contribution in [3.8, 4) is 11.5 Å². The maximum Gasteiger partial charge on any atom is 0.251 e. The number of benzene rings is 2. The molecule has 0 aromatic heterocycles. The van der Waals surface area contributed by atoms with Crippen molar-refractivity contribution in [2.45, 2.75) is 25.8 Å². The average Bonchev–Trinajstić information content (AvgIpc) is 3.58. The first-order chi connectivity index (χ1) is 14.0. The quantitative estimate of drug-likeness (QED) is 0.628. The van der Waals surface area contributed by atoms with Gasteiger partial charge in [0.15, 0.2) is 11.5 Å². The predicted molar refractivity (Wildman–Crippen MR) is 112 cm³/mol. The summed E-state index contributed by atoms with van der Waals surface area (Å²) in [6, 6.07) is 12.4. The summed E-state index contributed by atoms with van der Waals surface area (Å²) in [7, 11) is 1.53. The lowest BCUT2D eigenvalue weighted by Crippen LogP contribution is -2.26. The van der Waals surface area contributed by atoms with Crippen LogP contribution in [0.25, 0.3) is 0 Å². The summed E-state index contributed by atoms with van der Waals surface area (Å²) in [4.78, 5) is 24.5. The Morgan fingerprint density at radius 3 is 2.52 bits per heavy atom. The molecule has 1 aliphatic carbocycles. The van der Waals surface area contributed by atoms with Crippen LogP contribution < -0.4 is 20.1 Å². The van der Waals surface area contributed by atoms with Crippen LogP contribution in [0.1, 0.15) is 41.7 Å². The van der Waals surface area contributed by atoms with Gasteiger partial charge < -0.3 is 20.1 Å². The first-order valence-electron chi connectivity index (χ1n) is 9.65. The summed E-state index contributed by atoms with van der Waals surface area (Å²) >= 11 is 0. The molecule has 3 rings (SSSR count). The molecule has 29 heavy (non-hydrogen) atoms. The second kappa shape index (κ2) is 9.28. The van der Waals surface area contributed by atoms with E-state index in [2.05, 4.69) is 17.2 Å². The SMILES string of the molecule is C=CCOc1ccc(C(=O)NC(C)c2ccc(NC(=O)C3CC3)cc2)cc1OC. The van der Waals surface area contributed by atoms with Gasteiger partial charge in [-0.15, -0.1) is 0 Å². The van der Waals surface area contributed by atoms with Crippen LogP contribution in [0.5, 0.6) is 11.5 Å². The number of anilines is 1. The Bertz CT molecular complexity index is 888. The van der Waals surface area contributed by atoms with Gasteiger partial charge in [-0.3, -0.25) is 9.59 Å². The van der Waals surface area contributed by atoms with E-state index in [1.807, 2.05) is 31.2 Å². The summed E-state index contributed by atoms with van der Waals surface area (Å²) in [5.41, 5.74) is 2.19. The minimum atomic E-state index is -0.211. The first-order valence-corrected chi connectivity index (χ1v) is 9.65. The second-order valence-electron chi connectivity index (χ2n) is 7.05. The third-order valence-corrected chi connectivity index (χ3v) is 4.76. The number of ether oxygens (including phenoxy) is 2. The Labute approximate surface area is 170 Å². The Balaban J connectivity index is 1.62. The molecule has 1 unspecified atom stereocenters. The summed E-state index contributed by atoms with van der Waals surface area (Å²) < 4.78 is 10.8. The number of rotatable bonds is 9. The number of hydrogen-bond acceptors (Lipinski definition) is 4. The maximum absolute atomic E-state index is 12.6. The molecule has 2 aromatic carbocycles. The Morgan fingerprint density at radius 2 is 1.90 bits per heavy atom. The summed E-state index contributed by atoms with van der Waals surface area (Å²) in [6.07, 6.45) is 3.59. The molecule has 1 fully saturated rings. The van der Waals surface area contributed by atoms with Crippen molar-refractivity contribution < 1.29 is 19.1 Å². The first kappa shape index (κ1) is 20.5. The molecule has 1 atom stereocenters. The van der Waals surface area contributed by atoms with Crippen molar-refractivity contribution in [1.82, 2.24) is 5.32 Å². The number of hydrogen-bond donors (Lipinski definition) is 2. The smallest absolute Gasteiger partial charge is 0.251 e. The predicted octanol–water partition coefficient (Wildman–Crippen LogP) is 4.10. The lowest BCUT2D eigenvalue weighted by atomic mass is 10.1. The van der Waals surface area contributed by atoms with E-state index in [0.29, 0.717) is 23.7 Å². The highest BCUT2D eigenvalue weighted by Gasteiger charge is 2.29. The van der Waals surface area contributed by atoms with Gasteiger partial charge in [0.05, 0.1) is 13.2 Å². The van der Waals surface area contributed by atoms with Crippen molar-refractivity contribution in [2.24, 2.45) is 5.92 Å². The van der Waals surface area contributed by atoms with E-state index < -0.39 is 0 Å². The van der Waals surface area contributed by atoms with E-state index in [9.17, 15) is 9.59 Å². The minimum absolute atomic E-state index is 0.0774. The highest BCUT2D eigenvalue weighted by molar-refractivity contribution is 5.95. The van der Waals surface area contributed by atoms with Crippen molar-refractivity contribution in [2.75, 3.05) is 19.0 Å². The summed E-state index contributed by atoms with van der Waals surface area (Å²) in [6.45, 7) is 5.89. The molecule has 0 saturated heterocycles. The topological polar surface area (TPSA) is 76.7 Å². The maximum atomic E-state index is 12.6. The van der Waals surface area contributed by atoms with E-state index in [-0.39, 0.29) is 23.8 Å². The Kier molecular flexibility index (Phi) is 6.54. The van der Waals surface area contributed by atoms with E-state index in [4.69, 9.17) is 9.47 Å². The molecule has 0 radical (unpaired) electrons. The zero-order valence-electron chi connectivity index (χ0n) is 16.7. The Morgan fingerprint density at radius 1 is 1.17 bits per heavy atom. The average molecular weight is 394 g/mol. The second-order valence-corrected chi connectivity index (χ2v) is 7.05. The number of nitrogens with one attached hydrogen (secondary N) is 2.